The van der Waals surface area contributed by atoms with Crippen LogP contribution in [0, 0.1) is 0 Å². The molecule has 3 aromatic rings. The zero-order chi connectivity index (χ0) is 16.8. The van der Waals surface area contributed by atoms with Crippen LogP contribution in [0.2, 0.25) is 0 Å². The third kappa shape index (κ3) is 1.92. The third-order valence-corrected chi connectivity index (χ3v) is 4.65. The summed E-state index contributed by atoms with van der Waals surface area (Å²) in [6.45, 7) is 5.94. The average molecular weight is 319 g/mol. The Kier molecular flexibility index (Phi) is 3.27. The molecule has 0 saturated carbocycles. The fourth-order valence-electron chi connectivity index (χ4n) is 3.39. The summed E-state index contributed by atoms with van der Waals surface area (Å²) in [7, 11) is 0. The number of carbonyl (C=O) groups excluding carboxylic acids is 2. The Morgan fingerprint density at radius 3 is 2.25 bits per heavy atom. The van der Waals surface area contributed by atoms with Crippen molar-refractivity contribution in [3.05, 3.63) is 64.9 Å². The van der Waals surface area contributed by atoms with Crippen molar-refractivity contribution < 1.29 is 14.0 Å². The molecule has 0 bridgehead atoms. The predicted octanol–water partition coefficient (Wildman–Crippen LogP) is 4.05. The van der Waals surface area contributed by atoms with Gasteiger partial charge < -0.3 is 9.32 Å². The summed E-state index contributed by atoms with van der Waals surface area (Å²) in [5, 5.41) is 0.703. The number of anilines is 1. The van der Waals surface area contributed by atoms with Crippen molar-refractivity contribution in [3.8, 4) is 0 Å². The van der Waals surface area contributed by atoms with Gasteiger partial charge in [0.2, 0.25) is 5.78 Å². The molecule has 0 amide bonds. The first kappa shape index (κ1) is 14.7. The molecule has 1 aliphatic carbocycles. The highest BCUT2D eigenvalue weighted by Crippen LogP contribution is 2.36. The molecule has 2 aromatic carbocycles. The summed E-state index contributed by atoms with van der Waals surface area (Å²) < 4.78 is 5.81. The highest BCUT2D eigenvalue weighted by atomic mass is 16.3. The van der Waals surface area contributed by atoms with E-state index in [4.69, 9.17) is 4.42 Å². The molecule has 0 radical (unpaired) electrons. The Morgan fingerprint density at radius 2 is 1.58 bits per heavy atom. The number of furan rings is 1. The Morgan fingerprint density at radius 1 is 0.917 bits per heavy atom. The average Bonchev–Trinajstić information content (AvgIpc) is 3.00. The number of fused-ring (bicyclic) bond motifs is 4. The molecular formula is C20H17NO3. The lowest BCUT2D eigenvalue weighted by molar-refractivity contribution is 0.0962. The minimum atomic E-state index is -0.221. The highest BCUT2D eigenvalue weighted by molar-refractivity contribution is 6.31. The Bertz CT molecular complexity index is 980. The van der Waals surface area contributed by atoms with Gasteiger partial charge in [0.1, 0.15) is 5.58 Å². The second-order valence-corrected chi connectivity index (χ2v) is 5.86. The van der Waals surface area contributed by atoms with E-state index in [1.54, 1.807) is 24.3 Å². The number of ketones is 2. The first-order valence-corrected chi connectivity index (χ1v) is 8.15. The Labute approximate surface area is 139 Å². The largest absolute Gasteiger partial charge is 0.452 e. The lowest BCUT2D eigenvalue weighted by Gasteiger charge is -2.20. The van der Waals surface area contributed by atoms with Crippen molar-refractivity contribution in [1.82, 2.24) is 0 Å². The van der Waals surface area contributed by atoms with Crippen molar-refractivity contribution in [1.29, 1.82) is 0 Å². The zero-order valence-electron chi connectivity index (χ0n) is 13.6. The van der Waals surface area contributed by atoms with Gasteiger partial charge in [-0.1, -0.05) is 24.3 Å². The third-order valence-electron chi connectivity index (χ3n) is 4.65. The maximum Gasteiger partial charge on any atom is 0.229 e. The van der Waals surface area contributed by atoms with Crippen molar-refractivity contribution in [2.45, 2.75) is 13.8 Å². The summed E-state index contributed by atoms with van der Waals surface area (Å²) in [5.74, 6) is -0.208. The summed E-state index contributed by atoms with van der Waals surface area (Å²) >= 11 is 0. The van der Waals surface area contributed by atoms with E-state index in [1.165, 1.54) is 0 Å². The summed E-state index contributed by atoms with van der Waals surface area (Å²) in [6, 6.07) is 12.7. The predicted molar refractivity (Wildman–Crippen MR) is 93.1 cm³/mol. The molecule has 0 atom stereocenters. The standard InChI is InChI=1S/C20H17NO3/c1-3-21(4-2)12-9-10-15-16(11-12)24-20-17(15)18(22)13-7-5-6-8-14(13)19(20)23/h5-11H,3-4H2,1-2H3. The smallest absolute Gasteiger partial charge is 0.229 e. The number of nitrogens with zero attached hydrogens (tertiary/aromatic N) is 1. The van der Waals surface area contributed by atoms with Crippen LogP contribution in [0.4, 0.5) is 5.69 Å². The molecule has 24 heavy (non-hydrogen) atoms. The lowest BCUT2D eigenvalue weighted by atomic mass is 9.87. The van der Waals surface area contributed by atoms with Crippen LogP contribution in [-0.4, -0.2) is 24.7 Å². The molecule has 0 aliphatic heterocycles. The van der Waals surface area contributed by atoms with E-state index in [1.807, 2.05) is 18.2 Å². The van der Waals surface area contributed by atoms with Gasteiger partial charge >= 0.3 is 0 Å². The van der Waals surface area contributed by atoms with Crippen LogP contribution >= 0.6 is 0 Å². The van der Waals surface area contributed by atoms with Gasteiger partial charge in [-0.25, -0.2) is 0 Å². The number of benzene rings is 2. The number of hydrogen-bond acceptors (Lipinski definition) is 4. The quantitative estimate of drug-likeness (QED) is 0.571. The topological polar surface area (TPSA) is 50.5 Å². The fourth-order valence-corrected chi connectivity index (χ4v) is 3.39. The first-order chi connectivity index (χ1) is 11.7. The van der Waals surface area contributed by atoms with Crippen LogP contribution in [0.15, 0.2) is 46.9 Å². The van der Waals surface area contributed by atoms with Gasteiger partial charge in [0.05, 0.1) is 5.56 Å². The van der Waals surface area contributed by atoms with Crippen molar-refractivity contribution in [2.75, 3.05) is 18.0 Å². The van der Waals surface area contributed by atoms with E-state index in [0.29, 0.717) is 27.7 Å². The molecule has 4 nitrogen and oxygen atoms in total. The normalized spacial score (nSPS) is 13.1. The summed E-state index contributed by atoms with van der Waals surface area (Å²) in [5.41, 5.74) is 2.86. The van der Waals surface area contributed by atoms with Gasteiger partial charge in [0, 0.05) is 41.4 Å². The van der Waals surface area contributed by atoms with Gasteiger partial charge in [-0.2, -0.15) is 0 Å². The molecule has 1 aliphatic rings. The maximum atomic E-state index is 12.8. The van der Waals surface area contributed by atoms with Crippen molar-refractivity contribution in [3.63, 3.8) is 0 Å². The molecule has 1 aromatic heterocycles. The monoisotopic (exact) mass is 319 g/mol. The fraction of sp³-hybridized carbons (Fsp3) is 0.200. The Hall–Kier alpha value is -2.88. The number of hydrogen-bond donors (Lipinski definition) is 0. The highest BCUT2D eigenvalue weighted by Gasteiger charge is 2.34. The first-order valence-electron chi connectivity index (χ1n) is 8.15. The molecule has 0 unspecified atom stereocenters. The molecule has 0 spiro atoms. The van der Waals surface area contributed by atoms with E-state index >= 15 is 0 Å². The van der Waals surface area contributed by atoms with Gasteiger partial charge in [-0.15, -0.1) is 0 Å². The molecule has 1 heterocycles. The van der Waals surface area contributed by atoms with Crippen molar-refractivity contribution >= 4 is 28.2 Å². The molecule has 120 valence electrons. The second-order valence-electron chi connectivity index (χ2n) is 5.86. The van der Waals surface area contributed by atoms with Gasteiger partial charge in [0.25, 0.3) is 0 Å². The van der Waals surface area contributed by atoms with Crippen LogP contribution in [0.25, 0.3) is 11.0 Å². The molecule has 4 rings (SSSR count). The minimum absolute atomic E-state index is 0.144. The lowest BCUT2D eigenvalue weighted by Crippen LogP contribution is -2.21. The molecule has 0 fully saturated rings. The second kappa shape index (κ2) is 5.34. The number of rotatable bonds is 3. The SMILES string of the molecule is CCN(CC)c1ccc2c3c(oc2c1)C(=O)c1ccccc1C3=O. The number of carbonyl (C=O) groups is 2. The van der Waals surface area contributed by atoms with Crippen molar-refractivity contribution in [2.24, 2.45) is 0 Å². The minimum Gasteiger partial charge on any atom is -0.452 e. The van der Waals surface area contributed by atoms with E-state index in [0.717, 1.165) is 18.8 Å². The summed E-state index contributed by atoms with van der Waals surface area (Å²) in [4.78, 5) is 27.7. The molecular weight excluding hydrogens is 302 g/mol. The molecule has 0 N–H and O–H groups in total. The van der Waals surface area contributed by atoms with E-state index in [-0.39, 0.29) is 17.3 Å². The molecule has 0 saturated heterocycles. The van der Waals surface area contributed by atoms with E-state index in [9.17, 15) is 9.59 Å². The van der Waals surface area contributed by atoms with Crippen LogP contribution in [0.1, 0.15) is 45.9 Å². The molecule has 4 heteroatoms. The van der Waals surface area contributed by atoms with Gasteiger partial charge in [-0.05, 0) is 26.0 Å². The van der Waals surface area contributed by atoms with Crippen LogP contribution in [-0.2, 0) is 0 Å². The van der Waals surface area contributed by atoms with E-state index in [2.05, 4.69) is 18.7 Å². The Balaban J connectivity index is 1.94. The van der Waals surface area contributed by atoms with Gasteiger partial charge in [-0.3, -0.25) is 9.59 Å². The van der Waals surface area contributed by atoms with Crippen LogP contribution < -0.4 is 4.90 Å². The van der Waals surface area contributed by atoms with Gasteiger partial charge in [0.15, 0.2) is 11.5 Å². The maximum absolute atomic E-state index is 12.8. The summed E-state index contributed by atoms with van der Waals surface area (Å²) in [6.07, 6.45) is 0. The zero-order valence-corrected chi connectivity index (χ0v) is 13.6. The van der Waals surface area contributed by atoms with E-state index < -0.39 is 0 Å². The van der Waals surface area contributed by atoms with Crippen LogP contribution in [0.5, 0.6) is 0 Å². The van der Waals surface area contributed by atoms with Crippen LogP contribution in [0.3, 0.4) is 0 Å².